The van der Waals surface area contributed by atoms with Crippen molar-refractivity contribution in [2.24, 2.45) is 5.92 Å². The van der Waals surface area contributed by atoms with Crippen LogP contribution in [-0.4, -0.2) is 55.5 Å². The van der Waals surface area contributed by atoms with Crippen LogP contribution in [0.25, 0.3) is 0 Å². The summed E-state index contributed by atoms with van der Waals surface area (Å²) in [6, 6.07) is 6.35. The molecule has 0 bridgehead atoms. The lowest BCUT2D eigenvalue weighted by Crippen LogP contribution is -2.46. The van der Waals surface area contributed by atoms with Crippen LogP contribution in [0, 0.1) is 11.7 Å². The van der Waals surface area contributed by atoms with Crippen molar-refractivity contribution in [2.45, 2.75) is 25.7 Å². The third-order valence-electron chi connectivity index (χ3n) is 4.42. The minimum absolute atomic E-state index is 0.0308. The molecule has 1 aliphatic heterocycles. The fourth-order valence-electron chi connectivity index (χ4n) is 2.97. The van der Waals surface area contributed by atoms with Crippen LogP contribution < -0.4 is 5.32 Å². The van der Waals surface area contributed by atoms with E-state index in [1.54, 1.807) is 14.1 Å². The largest absolute Gasteiger partial charge is 0.341 e. The van der Waals surface area contributed by atoms with Crippen molar-refractivity contribution in [1.29, 1.82) is 0 Å². The van der Waals surface area contributed by atoms with Gasteiger partial charge >= 0.3 is 6.03 Å². The summed E-state index contributed by atoms with van der Waals surface area (Å²) in [6.45, 7) is 1.53. The van der Waals surface area contributed by atoms with Gasteiger partial charge in [-0.05, 0) is 49.3 Å². The molecule has 0 saturated carbocycles. The van der Waals surface area contributed by atoms with E-state index in [1.807, 2.05) is 17.0 Å². The molecule has 3 amide bonds. The van der Waals surface area contributed by atoms with E-state index >= 15 is 0 Å². The lowest BCUT2D eigenvalue weighted by Gasteiger charge is -2.33. The third-order valence-corrected chi connectivity index (χ3v) is 4.42. The van der Waals surface area contributed by atoms with Crippen LogP contribution in [0.15, 0.2) is 24.3 Å². The minimum Gasteiger partial charge on any atom is -0.341 e. The highest BCUT2D eigenvalue weighted by Crippen LogP contribution is 2.21. The Balaban J connectivity index is 1.77. The van der Waals surface area contributed by atoms with Crippen molar-refractivity contribution in [2.75, 3.05) is 33.7 Å². The van der Waals surface area contributed by atoms with Gasteiger partial charge in [0.1, 0.15) is 5.82 Å². The van der Waals surface area contributed by atoms with E-state index in [-0.39, 0.29) is 24.3 Å². The summed E-state index contributed by atoms with van der Waals surface area (Å²) in [7, 11) is 3.29. The number of nitrogens with one attached hydrogen (secondary N) is 1. The van der Waals surface area contributed by atoms with E-state index in [0.29, 0.717) is 5.92 Å². The Morgan fingerprint density at radius 1 is 1.29 bits per heavy atom. The van der Waals surface area contributed by atoms with Crippen molar-refractivity contribution in [3.05, 3.63) is 35.6 Å². The Labute approximate surface area is 142 Å². The summed E-state index contributed by atoms with van der Waals surface area (Å²) >= 11 is 0. The maximum Gasteiger partial charge on any atom is 0.317 e. The van der Waals surface area contributed by atoms with E-state index in [9.17, 15) is 14.0 Å². The number of hydrogen-bond donors (Lipinski definition) is 1. The average Bonchev–Trinajstić information content (AvgIpc) is 2.59. The summed E-state index contributed by atoms with van der Waals surface area (Å²) in [5, 5.41) is 2.62. The fourth-order valence-corrected chi connectivity index (χ4v) is 2.97. The second kappa shape index (κ2) is 8.66. The van der Waals surface area contributed by atoms with Gasteiger partial charge in [0.2, 0.25) is 5.91 Å². The number of urea groups is 1. The standard InChI is InChI=1S/C18H26FN3O2/c1-21(2)18(24)20-12-17(23)22-11-3-4-15(13-22)6-5-14-7-9-16(19)10-8-14/h7-10,15H,3-6,11-13H2,1-2H3,(H,20,24). The van der Waals surface area contributed by atoms with Gasteiger partial charge in [-0.25, -0.2) is 9.18 Å². The van der Waals surface area contributed by atoms with Crippen molar-refractivity contribution < 1.29 is 14.0 Å². The number of rotatable bonds is 5. The quantitative estimate of drug-likeness (QED) is 0.897. The highest BCUT2D eigenvalue weighted by molar-refractivity contribution is 5.83. The molecule has 24 heavy (non-hydrogen) atoms. The lowest BCUT2D eigenvalue weighted by atomic mass is 9.91. The first-order valence-corrected chi connectivity index (χ1v) is 8.43. The molecule has 132 valence electrons. The zero-order valence-corrected chi connectivity index (χ0v) is 14.4. The normalized spacial score (nSPS) is 17.5. The first-order chi connectivity index (χ1) is 11.5. The Bertz CT molecular complexity index is 560. The second-order valence-corrected chi connectivity index (χ2v) is 6.57. The monoisotopic (exact) mass is 335 g/mol. The van der Waals surface area contributed by atoms with Crippen LogP contribution in [0.5, 0.6) is 0 Å². The molecule has 5 nitrogen and oxygen atoms in total. The molecular weight excluding hydrogens is 309 g/mol. The van der Waals surface area contributed by atoms with Crippen LogP contribution in [0.3, 0.4) is 0 Å². The van der Waals surface area contributed by atoms with Gasteiger partial charge in [-0.15, -0.1) is 0 Å². The lowest BCUT2D eigenvalue weighted by molar-refractivity contribution is -0.131. The number of amides is 3. The van der Waals surface area contributed by atoms with Crippen LogP contribution >= 0.6 is 0 Å². The highest BCUT2D eigenvalue weighted by Gasteiger charge is 2.23. The predicted molar refractivity (Wildman–Crippen MR) is 91.1 cm³/mol. The second-order valence-electron chi connectivity index (χ2n) is 6.57. The molecule has 1 aromatic rings. The maximum absolute atomic E-state index is 12.9. The number of benzene rings is 1. The summed E-state index contributed by atoms with van der Waals surface area (Å²) in [4.78, 5) is 27.0. The third kappa shape index (κ3) is 5.51. The molecule has 1 N–H and O–H groups in total. The smallest absolute Gasteiger partial charge is 0.317 e. The minimum atomic E-state index is -0.256. The number of aryl methyl sites for hydroxylation is 1. The summed E-state index contributed by atoms with van der Waals surface area (Å²) < 4.78 is 12.9. The number of carbonyl (C=O) groups is 2. The fraction of sp³-hybridized carbons (Fsp3) is 0.556. The van der Waals surface area contributed by atoms with Gasteiger partial charge in [0.15, 0.2) is 0 Å². The van der Waals surface area contributed by atoms with Crippen molar-refractivity contribution in [3.8, 4) is 0 Å². The topological polar surface area (TPSA) is 52.7 Å². The van der Waals surface area contributed by atoms with Crippen molar-refractivity contribution in [1.82, 2.24) is 15.1 Å². The van der Waals surface area contributed by atoms with Crippen LogP contribution in [-0.2, 0) is 11.2 Å². The number of hydrogen-bond acceptors (Lipinski definition) is 2. The Kier molecular flexibility index (Phi) is 6.58. The predicted octanol–water partition coefficient (Wildman–Crippen LogP) is 2.27. The molecule has 0 radical (unpaired) electrons. The summed E-state index contributed by atoms with van der Waals surface area (Å²) in [5.74, 6) is 0.210. The zero-order chi connectivity index (χ0) is 17.5. The Morgan fingerprint density at radius 2 is 2.00 bits per heavy atom. The number of nitrogens with zero attached hydrogens (tertiary/aromatic N) is 2. The Hall–Kier alpha value is -2.11. The molecule has 0 aliphatic carbocycles. The number of carbonyl (C=O) groups excluding carboxylic acids is 2. The number of piperidine rings is 1. The molecule has 1 fully saturated rings. The van der Waals surface area contributed by atoms with Crippen molar-refractivity contribution in [3.63, 3.8) is 0 Å². The van der Waals surface area contributed by atoms with E-state index in [1.165, 1.54) is 17.0 Å². The molecule has 1 atom stereocenters. The van der Waals surface area contributed by atoms with Gasteiger partial charge in [-0.1, -0.05) is 12.1 Å². The molecule has 6 heteroatoms. The van der Waals surface area contributed by atoms with Crippen molar-refractivity contribution >= 4 is 11.9 Å². The molecule has 1 saturated heterocycles. The molecule has 1 heterocycles. The molecule has 0 spiro atoms. The van der Waals surface area contributed by atoms with Gasteiger partial charge in [0.25, 0.3) is 0 Å². The molecule has 1 aliphatic rings. The molecule has 0 aromatic heterocycles. The highest BCUT2D eigenvalue weighted by atomic mass is 19.1. The summed E-state index contributed by atoms with van der Waals surface area (Å²) in [6.07, 6.45) is 3.97. The van der Waals surface area contributed by atoms with Crippen LogP contribution in [0.4, 0.5) is 9.18 Å². The van der Waals surface area contributed by atoms with Gasteiger partial charge < -0.3 is 15.1 Å². The average molecular weight is 335 g/mol. The van der Waals surface area contributed by atoms with E-state index in [0.717, 1.165) is 44.3 Å². The van der Waals surface area contributed by atoms with Crippen LogP contribution in [0.1, 0.15) is 24.8 Å². The van der Waals surface area contributed by atoms with Gasteiger partial charge in [0, 0.05) is 27.2 Å². The molecule has 2 rings (SSSR count). The molecule has 1 unspecified atom stereocenters. The zero-order valence-electron chi connectivity index (χ0n) is 14.4. The van der Waals surface area contributed by atoms with Gasteiger partial charge in [0.05, 0.1) is 6.54 Å². The Morgan fingerprint density at radius 3 is 2.67 bits per heavy atom. The first kappa shape index (κ1) is 18.2. The van der Waals surface area contributed by atoms with E-state index < -0.39 is 0 Å². The maximum atomic E-state index is 12.9. The first-order valence-electron chi connectivity index (χ1n) is 8.43. The van der Waals surface area contributed by atoms with Gasteiger partial charge in [-0.2, -0.15) is 0 Å². The number of likely N-dealkylation sites (tertiary alicyclic amines) is 1. The van der Waals surface area contributed by atoms with Crippen LogP contribution in [0.2, 0.25) is 0 Å². The summed E-state index contributed by atoms with van der Waals surface area (Å²) in [5.41, 5.74) is 1.12. The molecular formula is C18H26FN3O2. The SMILES string of the molecule is CN(C)C(=O)NCC(=O)N1CCCC(CCc2ccc(F)cc2)C1. The number of halogens is 1. The van der Waals surface area contributed by atoms with E-state index in [4.69, 9.17) is 0 Å². The van der Waals surface area contributed by atoms with E-state index in [2.05, 4.69) is 5.32 Å². The van der Waals surface area contributed by atoms with Gasteiger partial charge in [-0.3, -0.25) is 4.79 Å². The molecule has 1 aromatic carbocycles.